The maximum absolute atomic E-state index is 13.5. The van der Waals surface area contributed by atoms with Crippen molar-refractivity contribution in [1.82, 2.24) is 0 Å². The van der Waals surface area contributed by atoms with Crippen LogP contribution in [0.25, 0.3) is 22.1 Å². The van der Waals surface area contributed by atoms with Crippen LogP contribution in [-0.2, 0) is 6.54 Å². The van der Waals surface area contributed by atoms with Gasteiger partial charge in [0.25, 0.3) is 0 Å². The first-order chi connectivity index (χ1) is 16.6. The van der Waals surface area contributed by atoms with Gasteiger partial charge in [0.2, 0.25) is 5.43 Å². The Morgan fingerprint density at radius 1 is 0.971 bits per heavy atom. The molecule has 0 bridgehead atoms. The van der Waals surface area contributed by atoms with Crippen molar-refractivity contribution in [3.8, 4) is 34.1 Å². The van der Waals surface area contributed by atoms with E-state index in [0.29, 0.717) is 59.2 Å². The molecule has 3 aromatic carbocycles. The van der Waals surface area contributed by atoms with Gasteiger partial charge in [0.05, 0.1) is 49.6 Å². The Balaban J connectivity index is 1.57. The second kappa shape index (κ2) is 9.02. The number of rotatable bonds is 6. The molecule has 7 heteroatoms. The molecular formula is C27H25NO6. The monoisotopic (exact) mass is 459 g/mol. The molecule has 0 spiro atoms. The number of hydrogen-bond donors (Lipinski definition) is 0. The van der Waals surface area contributed by atoms with Crippen LogP contribution in [0.5, 0.6) is 23.0 Å². The zero-order valence-corrected chi connectivity index (χ0v) is 19.3. The summed E-state index contributed by atoms with van der Waals surface area (Å²) in [6, 6.07) is 16.8. The molecule has 0 saturated heterocycles. The van der Waals surface area contributed by atoms with Gasteiger partial charge in [0.1, 0.15) is 23.3 Å². The van der Waals surface area contributed by atoms with E-state index in [4.69, 9.17) is 23.4 Å². The van der Waals surface area contributed by atoms with Gasteiger partial charge in [0, 0.05) is 0 Å². The summed E-state index contributed by atoms with van der Waals surface area (Å²) in [6.45, 7) is 3.42. The molecule has 0 amide bonds. The predicted octanol–water partition coefficient (Wildman–Crippen LogP) is 5.23. The SMILES string of the molecule is CCOc1ccccc1N1COc2ccc3c(=O)c(-c4ccc(OC)c(OC)c4)coc3c2C1. The third-order valence-corrected chi connectivity index (χ3v) is 5.93. The molecule has 1 aliphatic rings. The molecule has 0 aliphatic carbocycles. The lowest BCUT2D eigenvalue weighted by atomic mass is 10.0. The molecular weight excluding hydrogens is 434 g/mol. The van der Waals surface area contributed by atoms with Crippen molar-refractivity contribution in [2.45, 2.75) is 13.5 Å². The average Bonchev–Trinajstić information content (AvgIpc) is 2.88. The number of para-hydroxylation sites is 2. The summed E-state index contributed by atoms with van der Waals surface area (Å²) >= 11 is 0. The third kappa shape index (κ3) is 3.69. The van der Waals surface area contributed by atoms with Gasteiger partial charge in [0.15, 0.2) is 18.2 Å². The van der Waals surface area contributed by atoms with Crippen LogP contribution in [0.3, 0.4) is 0 Å². The van der Waals surface area contributed by atoms with Crippen LogP contribution < -0.4 is 29.3 Å². The largest absolute Gasteiger partial charge is 0.493 e. The van der Waals surface area contributed by atoms with E-state index in [9.17, 15) is 4.79 Å². The van der Waals surface area contributed by atoms with Gasteiger partial charge in [-0.1, -0.05) is 18.2 Å². The smallest absolute Gasteiger partial charge is 0.200 e. The van der Waals surface area contributed by atoms with Gasteiger partial charge >= 0.3 is 0 Å². The maximum Gasteiger partial charge on any atom is 0.200 e. The van der Waals surface area contributed by atoms with Crippen molar-refractivity contribution < 1.29 is 23.4 Å². The van der Waals surface area contributed by atoms with E-state index in [0.717, 1.165) is 17.0 Å². The fraction of sp³-hybridized carbons (Fsp3) is 0.222. The van der Waals surface area contributed by atoms with Gasteiger partial charge in [-0.05, 0) is 48.9 Å². The van der Waals surface area contributed by atoms with Gasteiger partial charge in [-0.25, -0.2) is 0 Å². The molecule has 1 aliphatic heterocycles. The Labute approximate surface area is 197 Å². The molecule has 0 saturated carbocycles. The molecule has 4 aromatic rings. The third-order valence-electron chi connectivity index (χ3n) is 5.93. The number of nitrogens with zero attached hydrogens (tertiary/aromatic N) is 1. The van der Waals surface area contributed by atoms with Crippen LogP contribution in [-0.4, -0.2) is 27.6 Å². The minimum absolute atomic E-state index is 0.122. The van der Waals surface area contributed by atoms with E-state index in [1.54, 1.807) is 32.4 Å². The van der Waals surface area contributed by atoms with E-state index >= 15 is 0 Å². The lowest BCUT2D eigenvalue weighted by molar-refractivity contribution is 0.284. The number of benzene rings is 3. The van der Waals surface area contributed by atoms with Crippen molar-refractivity contribution in [1.29, 1.82) is 0 Å². The Morgan fingerprint density at radius 2 is 1.79 bits per heavy atom. The highest BCUT2D eigenvalue weighted by molar-refractivity contribution is 5.86. The Bertz CT molecular complexity index is 1410. The van der Waals surface area contributed by atoms with Crippen LogP contribution in [0.4, 0.5) is 5.69 Å². The van der Waals surface area contributed by atoms with Crippen molar-refractivity contribution in [2.24, 2.45) is 0 Å². The minimum atomic E-state index is -0.122. The molecule has 0 unspecified atom stereocenters. The highest BCUT2D eigenvalue weighted by Crippen LogP contribution is 2.37. The second-order valence-corrected chi connectivity index (χ2v) is 7.84. The topological polar surface area (TPSA) is 70.4 Å². The second-order valence-electron chi connectivity index (χ2n) is 7.84. The number of ether oxygens (including phenoxy) is 4. The zero-order valence-electron chi connectivity index (χ0n) is 19.3. The molecule has 7 nitrogen and oxygen atoms in total. The number of fused-ring (bicyclic) bond motifs is 3. The zero-order chi connectivity index (χ0) is 23.7. The van der Waals surface area contributed by atoms with E-state index in [1.165, 1.54) is 6.26 Å². The van der Waals surface area contributed by atoms with Crippen LogP contribution in [0.1, 0.15) is 12.5 Å². The summed E-state index contributed by atoms with van der Waals surface area (Å²) in [5.74, 6) is 2.63. The highest BCUT2D eigenvalue weighted by atomic mass is 16.5. The lowest BCUT2D eigenvalue weighted by Crippen LogP contribution is -2.32. The van der Waals surface area contributed by atoms with Crippen LogP contribution >= 0.6 is 0 Å². The van der Waals surface area contributed by atoms with Gasteiger partial charge < -0.3 is 28.3 Å². The summed E-state index contributed by atoms with van der Waals surface area (Å²) in [5, 5.41) is 0.495. The number of hydrogen-bond acceptors (Lipinski definition) is 7. The Hall–Kier alpha value is -4.13. The van der Waals surface area contributed by atoms with Crippen LogP contribution in [0.15, 0.2) is 70.1 Å². The fourth-order valence-corrected chi connectivity index (χ4v) is 4.26. The minimum Gasteiger partial charge on any atom is -0.493 e. The van der Waals surface area contributed by atoms with E-state index in [-0.39, 0.29) is 5.43 Å². The number of methoxy groups -OCH3 is 2. The van der Waals surface area contributed by atoms with E-state index in [2.05, 4.69) is 4.90 Å². The van der Waals surface area contributed by atoms with E-state index < -0.39 is 0 Å². The lowest BCUT2D eigenvalue weighted by Gasteiger charge is -2.32. The highest BCUT2D eigenvalue weighted by Gasteiger charge is 2.25. The molecule has 0 radical (unpaired) electrons. The van der Waals surface area contributed by atoms with Gasteiger partial charge in [-0.15, -0.1) is 0 Å². The predicted molar refractivity (Wildman–Crippen MR) is 130 cm³/mol. The summed E-state index contributed by atoms with van der Waals surface area (Å²) in [7, 11) is 3.13. The summed E-state index contributed by atoms with van der Waals surface area (Å²) < 4.78 is 28.6. The summed E-state index contributed by atoms with van der Waals surface area (Å²) in [4.78, 5) is 15.5. The van der Waals surface area contributed by atoms with Crippen LogP contribution in [0, 0.1) is 0 Å². The molecule has 34 heavy (non-hydrogen) atoms. The van der Waals surface area contributed by atoms with Gasteiger partial charge in [-0.3, -0.25) is 4.79 Å². The molecule has 1 aromatic heterocycles. The maximum atomic E-state index is 13.5. The Kier molecular flexibility index (Phi) is 5.76. The molecule has 2 heterocycles. The molecule has 0 atom stereocenters. The first kappa shape index (κ1) is 21.7. The van der Waals surface area contributed by atoms with Gasteiger partial charge in [-0.2, -0.15) is 0 Å². The molecule has 5 rings (SSSR count). The normalized spacial score (nSPS) is 12.7. The van der Waals surface area contributed by atoms with E-state index in [1.807, 2.05) is 43.3 Å². The average molecular weight is 459 g/mol. The quantitative estimate of drug-likeness (QED) is 0.391. The first-order valence-electron chi connectivity index (χ1n) is 11.0. The van der Waals surface area contributed by atoms with Crippen molar-refractivity contribution in [2.75, 3.05) is 32.5 Å². The summed E-state index contributed by atoms with van der Waals surface area (Å²) in [6.07, 6.45) is 1.50. The fourth-order valence-electron chi connectivity index (χ4n) is 4.26. The Morgan fingerprint density at radius 3 is 2.59 bits per heavy atom. The molecule has 174 valence electrons. The molecule has 0 N–H and O–H groups in total. The first-order valence-corrected chi connectivity index (χ1v) is 11.0. The molecule has 0 fully saturated rings. The van der Waals surface area contributed by atoms with Crippen molar-refractivity contribution in [3.05, 3.63) is 76.6 Å². The summed E-state index contributed by atoms with van der Waals surface area (Å²) in [5.41, 5.74) is 3.29. The standard InChI is InChI=1S/C27H25NO6/c1-4-32-23-8-6-5-7-21(23)28-14-19-22(34-16-28)12-10-18-26(29)20(15-33-27(18)19)17-9-11-24(30-2)25(13-17)31-3/h5-13,15H,4,14,16H2,1-3H3. The van der Waals surface area contributed by atoms with Crippen molar-refractivity contribution in [3.63, 3.8) is 0 Å². The van der Waals surface area contributed by atoms with Crippen LogP contribution in [0.2, 0.25) is 0 Å². The number of anilines is 1. The van der Waals surface area contributed by atoms with Crippen molar-refractivity contribution >= 4 is 16.7 Å².